The summed E-state index contributed by atoms with van der Waals surface area (Å²) >= 11 is 0. The van der Waals surface area contributed by atoms with Crippen molar-refractivity contribution in [3.63, 3.8) is 0 Å². The van der Waals surface area contributed by atoms with Crippen LogP contribution in [0.4, 0.5) is 0 Å². The molecule has 0 saturated carbocycles. The van der Waals surface area contributed by atoms with Crippen molar-refractivity contribution in [2.45, 2.75) is 53.1 Å². The first-order chi connectivity index (χ1) is 10.3. The highest BCUT2D eigenvalue weighted by atomic mass is 16.2. The molecule has 0 aliphatic heterocycles. The maximum atomic E-state index is 12.4. The summed E-state index contributed by atoms with van der Waals surface area (Å²) in [6, 6.07) is -0.881. The van der Waals surface area contributed by atoms with Crippen LogP contribution in [0.5, 0.6) is 0 Å². The molecule has 2 unspecified atom stereocenters. The quantitative estimate of drug-likeness (QED) is 0.559. The van der Waals surface area contributed by atoms with Crippen molar-refractivity contribution in [2.75, 3.05) is 13.1 Å². The van der Waals surface area contributed by atoms with Gasteiger partial charge in [-0.2, -0.15) is 0 Å². The monoisotopic (exact) mass is 313 g/mol. The number of nitrogens with zero attached hydrogens (tertiary/aromatic N) is 1. The van der Waals surface area contributed by atoms with Crippen LogP contribution in [0.2, 0.25) is 0 Å². The van der Waals surface area contributed by atoms with Gasteiger partial charge in [-0.15, -0.1) is 0 Å². The summed E-state index contributed by atoms with van der Waals surface area (Å²) < 4.78 is 0. The van der Waals surface area contributed by atoms with E-state index in [0.29, 0.717) is 12.8 Å². The van der Waals surface area contributed by atoms with E-state index in [2.05, 4.69) is 10.6 Å². The second-order valence-corrected chi connectivity index (χ2v) is 5.64. The molecule has 126 valence electrons. The summed E-state index contributed by atoms with van der Waals surface area (Å²) in [5.74, 6) is -0.904. The first kappa shape index (κ1) is 20.1. The number of Topliss-reactive ketones (excluding diaryl/α,β-unsaturated/α-hetero) is 1. The van der Waals surface area contributed by atoms with Gasteiger partial charge in [-0.25, -0.2) is 0 Å². The van der Waals surface area contributed by atoms with Crippen LogP contribution >= 0.6 is 0 Å². The van der Waals surface area contributed by atoms with Gasteiger partial charge in [0.05, 0.1) is 13.1 Å². The fraction of sp³-hybridized carbons (Fsp3) is 0.733. The number of nitrogens with one attached hydrogen (secondary N) is 2. The van der Waals surface area contributed by atoms with Crippen molar-refractivity contribution < 1.29 is 19.2 Å². The lowest BCUT2D eigenvalue weighted by Gasteiger charge is -2.37. The Morgan fingerprint density at radius 1 is 1.14 bits per heavy atom. The molecule has 2 atom stereocenters. The molecular formula is C15H27N3O4. The zero-order valence-electron chi connectivity index (χ0n) is 14.0. The third-order valence-corrected chi connectivity index (χ3v) is 3.44. The molecule has 0 spiro atoms. The fourth-order valence-corrected chi connectivity index (χ4v) is 2.18. The molecule has 7 nitrogen and oxygen atoms in total. The molecule has 0 saturated heterocycles. The lowest BCUT2D eigenvalue weighted by atomic mass is 9.95. The first-order valence-electron chi connectivity index (χ1n) is 7.51. The lowest BCUT2D eigenvalue weighted by molar-refractivity contribution is -0.144. The van der Waals surface area contributed by atoms with Crippen molar-refractivity contribution >= 4 is 24.0 Å². The summed E-state index contributed by atoms with van der Waals surface area (Å²) in [5, 5.41) is 4.90. The van der Waals surface area contributed by atoms with Gasteiger partial charge in [-0.1, -0.05) is 20.3 Å². The number of rotatable bonds is 10. The summed E-state index contributed by atoms with van der Waals surface area (Å²) in [6.45, 7) is 8.61. The van der Waals surface area contributed by atoms with E-state index in [1.807, 2.05) is 27.7 Å². The topological polar surface area (TPSA) is 95.6 Å². The SMILES string of the molecule is CCC(C)C(C(=O)NCC(C)=O)N(C(=O)CNC=O)C(C)C. The molecule has 0 aromatic carbocycles. The van der Waals surface area contributed by atoms with E-state index in [4.69, 9.17) is 0 Å². The number of hydrogen-bond donors (Lipinski definition) is 2. The molecule has 0 radical (unpaired) electrons. The van der Waals surface area contributed by atoms with Gasteiger partial charge in [-0.3, -0.25) is 19.2 Å². The molecule has 7 heteroatoms. The molecule has 0 heterocycles. The Hall–Kier alpha value is -1.92. The maximum Gasteiger partial charge on any atom is 0.243 e. The van der Waals surface area contributed by atoms with Crippen LogP contribution in [0, 0.1) is 5.92 Å². The zero-order chi connectivity index (χ0) is 17.3. The highest BCUT2D eigenvalue weighted by Gasteiger charge is 2.34. The number of amides is 3. The van der Waals surface area contributed by atoms with Crippen molar-refractivity contribution in [1.29, 1.82) is 0 Å². The molecule has 0 fully saturated rings. The van der Waals surface area contributed by atoms with E-state index in [-0.39, 0.29) is 42.6 Å². The Labute approximate surface area is 131 Å². The average Bonchev–Trinajstić information content (AvgIpc) is 2.46. The molecule has 0 aliphatic carbocycles. The summed E-state index contributed by atoms with van der Waals surface area (Å²) in [6.07, 6.45) is 1.15. The van der Waals surface area contributed by atoms with E-state index in [1.165, 1.54) is 11.8 Å². The molecule has 3 amide bonds. The molecule has 0 aromatic rings. The zero-order valence-corrected chi connectivity index (χ0v) is 14.0. The largest absolute Gasteiger partial charge is 0.350 e. The van der Waals surface area contributed by atoms with E-state index in [9.17, 15) is 19.2 Å². The van der Waals surface area contributed by atoms with Gasteiger partial charge in [0.25, 0.3) is 0 Å². The number of hydrogen-bond acceptors (Lipinski definition) is 4. The smallest absolute Gasteiger partial charge is 0.243 e. The maximum absolute atomic E-state index is 12.4. The van der Waals surface area contributed by atoms with E-state index < -0.39 is 6.04 Å². The van der Waals surface area contributed by atoms with Crippen LogP contribution in [0.25, 0.3) is 0 Å². The van der Waals surface area contributed by atoms with Gasteiger partial charge in [0.2, 0.25) is 18.2 Å². The fourth-order valence-electron chi connectivity index (χ4n) is 2.18. The number of carbonyl (C=O) groups is 4. The summed E-state index contributed by atoms with van der Waals surface area (Å²) in [7, 11) is 0. The van der Waals surface area contributed by atoms with Crippen molar-refractivity contribution in [3.05, 3.63) is 0 Å². The lowest BCUT2D eigenvalue weighted by Crippen LogP contribution is -2.57. The van der Waals surface area contributed by atoms with Gasteiger partial charge in [-0.05, 0) is 26.7 Å². The molecule has 0 bridgehead atoms. The van der Waals surface area contributed by atoms with Crippen LogP contribution in [0.15, 0.2) is 0 Å². The molecule has 0 aromatic heterocycles. The second-order valence-electron chi connectivity index (χ2n) is 5.64. The molecule has 22 heavy (non-hydrogen) atoms. The molecule has 0 aliphatic rings. The minimum atomic E-state index is -0.676. The van der Waals surface area contributed by atoms with E-state index >= 15 is 0 Å². The Balaban J connectivity index is 5.30. The summed E-state index contributed by atoms with van der Waals surface area (Å²) in [4.78, 5) is 47.6. The van der Waals surface area contributed by atoms with Crippen LogP contribution in [-0.4, -0.2) is 54.1 Å². The molecular weight excluding hydrogens is 286 g/mol. The van der Waals surface area contributed by atoms with Gasteiger partial charge < -0.3 is 15.5 Å². The van der Waals surface area contributed by atoms with Crippen molar-refractivity contribution in [3.8, 4) is 0 Å². The minimum Gasteiger partial charge on any atom is -0.350 e. The third kappa shape index (κ3) is 6.24. The predicted octanol–water partition coefficient (Wildman–Crippen LogP) is 0.0893. The first-order valence-corrected chi connectivity index (χ1v) is 7.51. The Morgan fingerprint density at radius 3 is 2.14 bits per heavy atom. The normalized spacial score (nSPS) is 13.2. The highest BCUT2D eigenvalue weighted by Crippen LogP contribution is 2.18. The van der Waals surface area contributed by atoms with Gasteiger partial charge in [0.15, 0.2) is 0 Å². The van der Waals surface area contributed by atoms with Gasteiger partial charge in [0, 0.05) is 6.04 Å². The van der Waals surface area contributed by atoms with Crippen molar-refractivity contribution in [1.82, 2.24) is 15.5 Å². The molecule has 2 N–H and O–H groups in total. The third-order valence-electron chi connectivity index (χ3n) is 3.44. The standard InChI is InChI=1S/C15H27N3O4/c1-6-11(4)14(15(22)17-7-12(5)20)18(10(2)3)13(21)8-16-9-19/h9-11,14H,6-8H2,1-5H3,(H,16,19)(H,17,22). The molecule has 0 rings (SSSR count). The van der Waals surface area contributed by atoms with Gasteiger partial charge >= 0.3 is 0 Å². The van der Waals surface area contributed by atoms with Crippen LogP contribution < -0.4 is 10.6 Å². The Morgan fingerprint density at radius 2 is 1.73 bits per heavy atom. The predicted molar refractivity (Wildman–Crippen MR) is 83.0 cm³/mol. The van der Waals surface area contributed by atoms with Crippen LogP contribution in [0.1, 0.15) is 41.0 Å². The number of carbonyl (C=O) groups excluding carboxylic acids is 4. The Kier molecular flexibility index (Phi) is 9.05. The summed E-state index contributed by atoms with van der Waals surface area (Å²) in [5.41, 5.74) is 0. The highest BCUT2D eigenvalue weighted by molar-refractivity contribution is 5.91. The minimum absolute atomic E-state index is 0.0571. The second kappa shape index (κ2) is 9.92. The van der Waals surface area contributed by atoms with E-state index in [1.54, 1.807) is 0 Å². The van der Waals surface area contributed by atoms with Crippen molar-refractivity contribution in [2.24, 2.45) is 5.92 Å². The Bertz CT molecular complexity index is 410. The number of ketones is 1. The average molecular weight is 313 g/mol. The van der Waals surface area contributed by atoms with E-state index in [0.717, 1.165) is 0 Å². The van der Waals surface area contributed by atoms with Crippen LogP contribution in [0.3, 0.4) is 0 Å². The van der Waals surface area contributed by atoms with Crippen LogP contribution in [-0.2, 0) is 19.2 Å². The van der Waals surface area contributed by atoms with Gasteiger partial charge in [0.1, 0.15) is 11.8 Å².